The van der Waals surface area contributed by atoms with Crippen LogP contribution in [0, 0.1) is 5.41 Å². The van der Waals surface area contributed by atoms with E-state index in [1.807, 2.05) is 0 Å². The van der Waals surface area contributed by atoms with Gasteiger partial charge in [0.25, 0.3) is 0 Å². The van der Waals surface area contributed by atoms with Crippen molar-refractivity contribution in [2.45, 2.75) is 59.2 Å². The Morgan fingerprint density at radius 2 is 1.80 bits per heavy atom. The van der Waals surface area contributed by atoms with Crippen molar-refractivity contribution in [1.29, 1.82) is 0 Å². The van der Waals surface area contributed by atoms with Crippen molar-refractivity contribution in [2.24, 2.45) is 5.41 Å². The molecule has 0 aliphatic carbocycles. The molecule has 0 saturated carbocycles. The maximum Gasteiger partial charge on any atom is 0.0476 e. The molecule has 2 rings (SSSR count). The Morgan fingerprint density at radius 3 is 2.35 bits per heavy atom. The molecule has 112 valence electrons. The molecule has 0 amide bonds. The van der Waals surface area contributed by atoms with Crippen LogP contribution in [0.2, 0.25) is 0 Å². The molecule has 0 spiro atoms. The van der Waals surface area contributed by atoms with Gasteiger partial charge < -0.3 is 5.32 Å². The van der Waals surface area contributed by atoms with E-state index in [2.05, 4.69) is 82.1 Å². The predicted molar refractivity (Wildman–Crippen MR) is 86.9 cm³/mol. The molecule has 2 heteroatoms. The number of benzene rings is 1. The molecule has 2 unspecified atom stereocenters. The van der Waals surface area contributed by atoms with Gasteiger partial charge in [0.15, 0.2) is 0 Å². The molecule has 0 radical (unpaired) electrons. The lowest BCUT2D eigenvalue weighted by molar-refractivity contribution is 0.0150. The second-order valence-electron chi connectivity index (χ2n) is 7.91. The van der Waals surface area contributed by atoms with Crippen molar-refractivity contribution in [3.63, 3.8) is 0 Å². The summed E-state index contributed by atoms with van der Waals surface area (Å²) >= 11 is 0. The van der Waals surface area contributed by atoms with Gasteiger partial charge >= 0.3 is 0 Å². The van der Waals surface area contributed by atoms with Crippen LogP contribution in [0.5, 0.6) is 0 Å². The zero-order valence-corrected chi connectivity index (χ0v) is 13.9. The average Bonchev–Trinajstić information content (AvgIpc) is 2.37. The van der Waals surface area contributed by atoms with Gasteiger partial charge in [-0.25, -0.2) is 0 Å². The zero-order valence-electron chi connectivity index (χ0n) is 13.9. The summed E-state index contributed by atoms with van der Waals surface area (Å²) in [6.45, 7) is 16.1. The molecule has 20 heavy (non-hydrogen) atoms. The average molecular weight is 274 g/mol. The van der Waals surface area contributed by atoms with E-state index in [4.69, 9.17) is 0 Å². The van der Waals surface area contributed by atoms with Crippen LogP contribution in [0.3, 0.4) is 0 Å². The molecule has 1 N–H and O–H groups in total. The van der Waals surface area contributed by atoms with Crippen molar-refractivity contribution < 1.29 is 0 Å². The number of rotatable bonds is 2. The third-order valence-electron chi connectivity index (χ3n) is 4.69. The molecule has 1 heterocycles. The number of piperazine rings is 1. The minimum Gasteiger partial charge on any atom is -0.309 e. The van der Waals surface area contributed by atoms with Crippen LogP contribution in [0.15, 0.2) is 30.3 Å². The van der Waals surface area contributed by atoms with Crippen LogP contribution in [0.25, 0.3) is 0 Å². The summed E-state index contributed by atoms with van der Waals surface area (Å²) < 4.78 is 0. The normalized spacial score (nSPS) is 25.4. The molecular weight excluding hydrogens is 244 g/mol. The fourth-order valence-electron chi connectivity index (χ4n) is 3.00. The van der Waals surface area contributed by atoms with E-state index < -0.39 is 0 Å². The number of nitrogens with zero attached hydrogens (tertiary/aromatic N) is 1. The molecule has 0 aromatic heterocycles. The van der Waals surface area contributed by atoms with E-state index >= 15 is 0 Å². The summed E-state index contributed by atoms with van der Waals surface area (Å²) in [7, 11) is 0. The first-order chi connectivity index (χ1) is 9.21. The van der Waals surface area contributed by atoms with Gasteiger partial charge in [-0.3, -0.25) is 4.90 Å². The van der Waals surface area contributed by atoms with Gasteiger partial charge in [0, 0.05) is 30.7 Å². The highest BCUT2D eigenvalue weighted by Gasteiger charge is 2.39. The SMILES string of the molecule is CC(N1CC(C)(C)NCC1c1ccccc1)C(C)(C)C. The highest BCUT2D eigenvalue weighted by Crippen LogP contribution is 2.34. The lowest BCUT2D eigenvalue weighted by Gasteiger charge is -2.50. The van der Waals surface area contributed by atoms with Gasteiger partial charge in [-0.2, -0.15) is 0 Å². The second-order valence-corrected chi connectivity index (χ2v) is 7.91. The Kier molecular flexibility index (Phi) is 4.27. The Hall–Kier alpha value is -0.860. The first kappa shape index (κ1) is 15.5. The maximum absolute atomic E-state index is 3.70. The molecule has 1 aliphatic heterocycles. The van der Waals surface area contributed by atoms with Crippen LogP contribution < -0.4 is 5.32 Å². The summed E-state index contributed by atoms with van der Waals surface area (Å²) in [5.74, 6) is 0. The van der Waals surface area contributed by atoms with Gasteiger partial charge in [0.05, 0.1) is 0 Å². The van der Waals surface area contributed by atoms with Gasteiger partial charge in [0.1, 0.15) is 0 Å². The Balaban J connectivity index is 2.30. The van der Waals surface area contributed by atoms with E-state index in [1.54, 1.807) is 0 Å². The Morgan fingerprint density at radius 1 is 1.20 bits per heavy atom. The molecule has 1 saturated heterocycles. The van der Waals surface area contributed by atoms with Crippen molar-refractivity contribution in [2.75, 3.05) is 13.1 Å². The predicted octanol–water partition coefficient (Wildman–Crippen LogP) is 3.85. The number of nitrogens with one attached hydrogen (secondary N) is 1. The fraction of sp³-hybridized carbons (Fsp3) is 0.667. The molecule has 1 aromatic carbocycles. The largest absolute Gasteiger partial charge is 0.309 e. The molecule has 2 atom stereocenters. The van der Waals surface area contributed by atoms with Gasteiger partial charge in [0.2, 0.25) is 0 Å². The molecule has 2 nitrogen and oxygen atoms in total. The fourth-order valence-corrected chi connectivity index (χ4v) is 3.00. The molecule has 0 bridgehead atoms. The van der Waals surface area contributed by atoms with Crippen LogP contribution in [0.4, 0.5) is 0 Å². The molecule has 1 fully saturated rings. The van der Waals surface area contributed by atoms with Crippen molar-refractivity contribution in [3.8, 4) is 0 Å². The van der Waals surface area contributed by atoms with Gasteiger partial charge in [-0.1, -0.05) is 51.1 Å². The van der Waals surface area contributed by atoms with Crippen molar-refractivity contribution in [3.05, 3.63) is 35.9 Å². The summed E-state index contributed by atoms with van der Waals surface area (Å²) in [5.41, 5.74) is 1.90. The standard InChI is InChI=1S/C18H30N2/c1-14(17(2,3)4)20-13-18(5,6)19-12-16(20)15-10-8-7-9-11-15/h7-11,14,16,19H,12-13H2,1-6H3. The lowest BCUT2D eigenvalue weighted by Crippen LogP contribution is -2.61. The van der Waals surface area contributed by atoms with E-state index in [0.717, 1.165) is 13.1 Å². The van der Waals surface area contributed by atoms with E-state index in [-0.39, 0.29) is 5.54 Å². The molecule has 1 aromatic rings. The third-order valence-corrected chi connectivity index (χ3v) is 4.69. The maximum atomic E-state index is 3.70. The quantitative estimate of drug-likeness (QED) is 0.881. The number of hydrogen-bond donors (Lipinski definition) is 1. The minimum absolute atomic E-state index is 0.185. The first-order valence-electron chi connectivity index (χ1n) is 7.76. The molecular formula is C18H30N2. The summed E-state index contributed by atoms with van der Waals surface area (Å²) in [6, 6.07) is 11.9. The van der Waals surface area contributed by atoms with Crippen LogP contribution in [-0.2, 0) is 0 Å². The second kappa shape index (κ2) is 5.50. The van der Waals surface area contributed by atoms with E-state index in [1.165, 1.54) is 5.56 Å². The Labute approximate surface area is 124 Å². The van der Waals surface area contributed by atoms with Gasteiger partial charge in [-0.15, -0.1) is 0 Å². The van der Waals surface area contributed by atoms with Crippen LogP contribution >= 0.6 is 0 Å². The van der Waals surface area contributed by atoms with Crippen LogP contribution in [-0.4, -0.2) is 29.6 Å². The lowest BCUT2D eigenvalue weighted by atomic mass is 9.83. The van der Waals surface area contributed by atoms with E-state index in [0.29, 0.717) is 17.5 Å². The van der Waals surface area contributed by atoms with Crippen molar-refractivity contribution >= 4 is 0 Å². The van der Waals surface area contributed by atoms with Gasteiger partial charge in [-0.05, 0) is 31.7 Å². The zero-order chi connectivity index (χ0) is 15.0. The van der Waals surface area contributed by atoms with Crippen LogP contribution in [0.1, 0.15) is 53.1 Å². The summed E-state index contributed by atoms with van der Waals surface area (Å²) in [4.78, 5) is 2.69. The first-order valence-corrected chi connectivity index (χ1v) is 7.76. The number of hydrogen-bond acceptors (Lipinski definition) is 2. The highest BCUT2D eigenvalue weighted by atomic mass is 15.3. The molecule has 1 aliphatic rings. The summed E-state index contributed by atoms with van der Waals surface area (Å²) in [6.07, 6.45) is 0. The summed E-state index contributed by atoms with van der Waals surface area (Å²) in [5, 5.41) is 3.70. The van der Waals surface area contributed by atoms with Crippen molar-refractivity contribution in [1.82, 2.24) is 10.2 Å². The Bertz CT molecular complexity index is 427. The topological polar surface area (TPSA) is 15.3 Å². The highest BCUT2D eigenvalue weighted by molar-refractivity contribution is 5.21. The van der Waals surface area contributed by atoms with E-state index in [9.17, 15) is 0 Å². The third kappa shape index (κ3) is 3.42. The smallest absolute Gasteiger partial charge is 0.0476 e. The monoisotopic (exact) mass is 274 g/mol. The minimum atomic E-state index is 0.185.